The molecule has 1 fully saturated rings. The molecule has 1 saturated carbocycles. The Morgan fingerprint density at radius 3 is 2.29 bits per heavy atom. The maximum Gasteiger partial charge on any atom is 0.161 e. The number of hydrogen-bond donors (Lipinski definition) is 0. The summed E-state index contributed by atoms with van der Waals surface area (Å²) in [6, 6.07) is 0. The summed E-state index contributed by atoms with van der Waals surface area (Å²) in [6.45, 7) is 2.92. The van der Waals surface area contributed by atoms with Crippen LogP contribution in [-0.2, 0) is 9.53 Å². The van der Waals surface area contributed by atoms with Crippen molar-refractivity contribution in [3.05, 3.63) is 0 Å². The van der Waals surface area contributed by atoms with Gasteiger partial charge in [-0.15, -0.1) is 0 Å². The molecule has 0 saturated heterocycles. The van der Waals surface area contributed by atoms with E-state index in [-0.39, 0.29) is 0 Å². The Morgan fingerprint density at radius 2 is 1.71 bits per heavy atom. The molecule has 14 heavy (non-hydrogen) atoms. The molecule has 1 rings (SSSR count). The van der Waals surface area contributed by atoms with Gasteiger partial charge in [-0.25, -0.2) is 0 Å². The van der Waals surface area contributed by atoms with Gasteiger partial charge < -0.3 is 4.74 Å². The Bertz CT molecular complexity index is 158. The SMILES string of the molecule is CCOCC(=O)C1CCCCCCC1. The van der Waals surface area contributed by atoms with Gasteiger partial charge >= 0.3 is 0 Å². The Labute approximate surface area is 87.0 Å². The zero-order valence-electron chi connectivity index (χ0n) is 9.26. The first-order valence-corrected chi connectivity index (χ1v) is 5.95. The van der Waals surface area contributed by atoms with Crippen LogP contribution < -0.4 is 0 Å². The second-order valence-electron chi connectivity index (χ2n) is 4.15. The van der Waals surface area contributed by atoms with Crippen molar-refractivity contribution in [2.24, 2.45) is 5.92 Å². The molecule has 0 N–H and O–H groups in total. The molecular formula is C12H22O2. The van der Waals surface area contributed by atoms with Gasteiger partial charge in [-0.3, -0.25) is 4.79 Å². The average Bonchev–Trinajstić information content (AvgIpc) is 2.13. The average molecular weight is 198 g/mol. The van der Waals surface area contributed by atoms with Crippen LogP contribution in [0.1, 0.15) is 51.9 Å². The van der Waals surface area contributed by atoms with Gasteiger partial charge in [-0.05, 0) is 19.8 Å². The van der Waals surface area contributed by atoms with E-state index in [9.17, 15) is 4.79 Å². The first-order valence-electron chi connectivity index (χ1n) is 5.95. The van der Waals surface area contributed by atoms with E-state index in [1.54, 1.807) is 0 Å². The predicted octanol–water partition coefficient (Wildman–Crippen LogP) is 2.95. The van der Waals surface area contributed by atoms with Crippen LogP contribution in [0.15, 0.2) is 0 Å². The zero-order chi connectivity index (χ0) is 10.2. The molecule has 0 aromatic carbocycles. The third-order valence-corrected chi connectivity index (χ3v) is 3.01. The Hall–Kier alpha value is -0.370. The highest BCUT2D eigenvalue weighted by molar-refractivity contribution is 5.82. The summed E-state index contributed by atoms with van der Waals surface area (Å²) < 4.78 is 5.17. The molecule has 0 amide bonds. The molecule has 2 heteroatoms. The standard InChI is InChI=1S/C12H22O2/c1-2-14-10-12(13)11-8-6-4-3-5-7-9-11/h11H,2-10H2,1H3. The van der Waals surface area contributed by atoms with E-state index in [0.717, 1.165) is 12.8 Å². The van der Waals surface area contributed by atoms with Crippen LogP contribution in [0.2, 0.25) is 0 Å². The van der Waals surface area contributed by atoms with Crippen LogP contribution in [0.25, 0.3) is 0 Å². The van der Waals surface area contributed by atoms with Gasteiger partial charge in [0.2, 0.25) is 0 Å². The summed E-state index contributed by atoms with van der Waals surface area (Å²) in [5.74, 6) is 0.621. The number of ketones is 1. The molecule has 0 radical (unpaired) electrons. The van der Waals surface area contributed by atoms with E-state index in [4.69, 9.17) is 4.74 Å². The molecule has 0 aliphatic heterocycles. The third kappa shape index (κ3) is 4.23. The second kappa shape index (κ2) is 6.99. The van der Waals surface area contributed by atoms with Crippen molar-refractivity contribution in [3.8, 4) is 0 Å². The molecular weight excluding hydrogens is 176 g/mol. The van der Waals surface area contributed by atoms with E-state index >= 15 is 0 Å². The molecule has 1 aliphatic rings. The molecule has 0 atom stereocenters. The lowest BCUT2D eigenvalue weighted by Gasteiger charge is -2.18. The summed E-state index contributed by atoms with van der Waals surface area (Å²) in [6.07, 6.45) is 8.59. The van der Waals surface area contributed by atoms with Gasteiger partial charge in [-0.1, -0.05) is 32.1 Å². The zero-order valence-corrected chi connectivity index (χ0v) is 9.26. The van der Waals surface area contributed by atoms with Crippen molar-refractivity contribution >= 4 is 5.78 Å². The molecule has 0 aromatic rings. The summed E-state index contributed by atoms with van der Waals surface area (Å²) in [4.78, 5) is 11.7. The highest BCUT2D eigenvalue weighted by atomic mass is 16.5. The summed E-state index contributed by atoms with van der Waals surface area (Å²) in [7, 11) is 0. The molecule has 82 valence electrons. The minimum absolute atomic E-state index is 0.293. The summed E-state index contributed by atoms with van der Waals surface area (Å²) in [5, 5.41) is 0. The van der Waals surface area contributed by atoms with Crippen molar-refractivity contribution in [2.75, 3.05) is 13.2 Å². The molecule has 0 unspecified atom stereocenters. The maximum atomic E-state index is 11.7. The van der Waals surface area contributed by atoms with Crippen molar-refractivity contribution in [2.45, 2.75) is 51.9 Å². The van der Waals surface area contributed by atoms with Crippen molar-refractivity contribution in [3.63, 3.8) is 0 Å². The van der Waals surface area contributed by atoms with Gasteiger partial charge in [0.25, 0.3) is 0 Å². The van der Waals surface area contributed by atoms with E-state index in [2.05, 4.69) is 0 Å². The number of carbonyl (C=O) groups is 1. The van der Waals surface area contributed by atoms with E-state index in [0.29, 0.717) is 24.9 Å². The van der Waals surface area contributed by atoms with Crippen LogP contribution in [0, 0.1) is 5.92 Å². The smallest absolute Gasteiger partial charge is 0.161 e. The van der Waals surface area contributed by atoms with Gasteiger partial charge in [0.15, 0.2) is 5.78 Å². The van der Waals surface area contributed by atoms with Crippen molar-refractivity contribution in [1.29, 1.82) is 0 Å². The fourth-order valence-electron chi connectivity index (χ4n) is 2.10. The van der Waals surface area contributed by atoms with Crippen LogP contribution in [0.4, 0.5) is 0 Å². The molecule has 0 spiro atoms. The Morgan fingerprint density at radius 1 is 1.14 bits per heavy atom. The van der Waals surface area contributed by atoms with Crippen LogP contribution in [0.5, 0.6) is 0 Å². The van der Waals surface area contributed by atoms with Crippen molar-refractivity contribution in [1.82, 2.24) is 0 Å². The fourth-order valence-corrected chi connectivity index (χ4v) is 2.10. The minimum Gasteiger partial charge on any atom is -0.374 e. The maximum absolute atomic E-state index is 11.7. The minimum atomic E-state index is 0.293. The monoisotopic (exact) mass is 198 g/mol. The second-order valence-corrected chi connectivity index (χ2v) is 4.15. The number of hydrogen-bond acceptors (Lipinski definition) is 2. The summed E-state index contributed by atoms with van der Waals surface area (Å²) >= 11 is 0. The Kier molecular flexibility index (Phi) is 5.85. The van der Waals surface area contributed by atoms with Gasteiger partial charge in [0.05, 0.1) is 0 Å². The van der Waals surface area contributed by atoms with E-state index in [1.807, 2.05) is 6.92 Å². The van der Waals surface area contributed by atoms with Crippen molar-refractivity contribution < 1.29 is 9.53 Å². The fraction of sp³-hybridized carbons (Fsp3) is 0.917. The van der Waals surface area contributed by atoms with Crippen LogP contribution in [0.3, 0.4) is 0 Å². The first kappa shape index (κ1) is 11.7. The largest absolute Gasteiger partial charge is 0.374 e. The van der Waals surface area contributed by atoms with E-state index < -0.39 is 0 Å². The lowest BCUT2D eigenvalue weighted by atomic mass is 9.88. The van der Waals surface area contributed by atoms with Crippen LogP contribution in [-0.4, -0.2) is 19.0 Å². The van der Waals surface area contributed by atoms with Gasteiger partial charge in [-0.2, -0.15) is 0 Å². The lowest BCUT2D eigenvalue weighted by molar-refractivity contribution is -0.128. The quantitative estimate of drug-likeness (QED) is 0.694. The Balaban J connectivity index is 2.27. The number of Topliss-reactive ketones (excluding diaryl/α,β-unsaturated/α-hetero) is 1. The van der Waals surface area contributed by atoms with Gasteiger partial charge in [0.1, 0.15) is 6.61 Å². The predicted molar refractivity (Wildman–Crippen MR) is 57.3 cm³/mol. The number of rotatable bonds is 4. The molecule has 0 bridgehead atoms. The normalized spacial score (nSPS) is 20.1. The molecule has 0 aromatic heterocycles. The van der Waals surface area contributed by atoms with E-state index in [1.165, 1.54) is 32.1 Å². The molecule has 1 aliphatic carbocycles. The highest BCUT2D eigenvalue weighted by Crippen LogP contribution is 2.22. The molecule has 0 heterocycles. The molecule has 2 nitrogen and oxygen atoms in total. The highest BCUT2D eigenvalue weighted by Gasteiger charge is 2.18. The summed E-state index contributed by atoms with van der Waals surface area (Å²) in [5.41, 5.74) is 0. The van der Waals surface area contributed by atoms with Gasteiger partial charge in [0, 0.05) is 12.5 Å². The number of ether oxygens (including phenoxy) is 1. The lowest BCUT2D eigenvalue weighted by Crippen LogP contribution is -2.21. The topological polar surface area (TPSA) is 26.3 Å². The number of carbonyl (C=O) groups excluding carboxylic acids is 1. The first-order chi connectivity index (χ1) is 6.84. The van der Waals surface area contributed by atoms with Crippen LogP contribution >= 0.6 is 0 Å². The third-order valence-electron chi connectivity index (χ3n) is 3.01.